The molecule has 1 aromatic carbocycles. The molecule has 1 aliphatic heterocycles. The molecule has 1 fully saturated rings. The van der Waals surface area contributed by atoms with Crippen molar-refractivity contribution in [1.82, 2.24) is 10.2 Å². The number of nitrogens with zero attached hydrogens (tertiary/aromatic N) is 1. The maximum Gasteiger partial charge on any atom is 0.416 e. The van der Waals surface area contributed by atoms with E-state index in [0.29, 0.717) is 19.8 Å². The number of morpholine rings is 1. The van der Waals surface area contributed by atoms with Crippen LogP contribution in [-0.2, 0) is 15.7 Å². The number of ether oxygens (including phenoxy) is 1. The van der Waals surface area contributed by atoms with E-state index >= 15 is 0 Å². The molecule has 1 heterocycles. The van der Waals surface area contributed by atoms with Crippen molar-refractivity contribution in [3.05, 3.63) is 28.8 Å². The van der Waals surface area contributed by atoms with Crippen molar-refractivity contribution in [1.29, 1.82) is 0 Å². The van der Waals surface area contributed by atoms with Gasteiger partial charge in [0.05, 0.1) is 36.0 Å². The van der Waals surface area contributed by atoms with Gasteiger partial charge in [-0.05, 0) is 18.2 Å². The van der Waals surface area contributed by atoms with Gasteiger partial charge in [0.25, 0.3) is 0 Å². The van der Waals surface area contributed by atoms with Gasteiger partial charge >= 0.3 is 6.18 Å². The zero-order valence-corrected chi connectivity index (χ0v) is 13.7. The van der Waals surface area contributed by atoms with E-state index in [1.165, 1.54) is 0 Å². The van der Waals surface area contributed by atoms with Crippen LogP contribution in [0, 0.1) is 0 Å². The average molecular weight is 366 g/mol. The first-order valence-electron chi connectivity index (χ1n) is 7.53. The summed E-state index contributed by atoms with van der Waals surface area (Å²) < 4.78 is 43.3. The fourth-order valence-electron chi connectivity index (χ4n) is 2.26. The Hall–Kier alpha value is -1.35. The maximum absolute atomic E-state index is 12.7. The fraction of sp³-hybridized carbons (Fsp3) is 0.533. The van der Waals surface area contributed by atoms with Crippen molar-refractivity contribution in [2.24, 2.45) is 0 Å². The third-order valence-electron chi connectivity index (χ3n) is 3.56. The molecule has 24 heavy (non-hydrogen) atoms. The molecular weight excluding hydrogens is 347 g/mol. The topological polar surface area (TPSA) is 53.6 Å². The van der Waals surface area contributed by atoms with Crippen molar-refractivity contribution in [2.45, 2.75) is 6.18 Å². The van der Waals surface area contributed by atoms with Crippen molar-refractivity contribution < 1.29 is 22.7 Å². The quantitative estimate of drug-likeness (QED) is 0.759. The largest absolute Gasteiger partial charge is 0.416 e. The molecule has 1 amide bonds. The maximum atomic E-state index is 12.7. The minimum absolute atomic E-state index is 0.00306. The summed E-state index contributed by atoms with van der Waals surface area (Å²) in [7, 11) is 0. The van der Waals surface area contributed by atoms with E-state index in [1.54, 1.807) is 0 Å². The van der Waals surface area contributed by atoms with Gasteiger partial charge in [-0.15, -0.1) is 0 Å². The summed E-state index contributed by atoms with van der Waals surface area (Å²) >= 11 is 5.83. The van der Waals surface area contributed by atoms with Crippen LogP contribution in [0.4, 0.5) is 18.9 Å². The highest BCUT2D eigenvalue weighted by molar-refractivity contribution is 6.33. The van der Waals surface area contributed by atoms with E-state index in [2.05, 4.69) is 15.5 Å². The Morgan fingerprint density at radius 1 is 1.29 bits per heavy atom. The lowest BCUT2D eigenvalue weighted by Crippen LogP contribution is -2.41. The minimum Gasteiger partial charge on any atom is -0.379 e. The smallest absolute Gasteiger partial charge is 0.379 e. The second-order valence-corrected chi connectivity index (χ2v) is 5.78. The summed E-state index contributed by atoms with van der Waals surface area (Å²) in [5.74, 6) is -0.446. The number of rotatable bonds is 6. The number of nitrogens with one attached hydrogen (secondary N) is 2. The molecule has 0 atom stereocenters. The lowest BCUT2D eigenvalue weighted by atomic mass is 10.2. The standard InChI is InChI=1S/C15H19ClF3N3O2/c16-12-2-1-11(15(17,18)19)9-13(12)21-14(23)10-20-3-4-22-5-7-24-8-6-22/h1-2,9,20H,3-8,10H2,(H,21,23). The number of anilines is 1. The predicted molar refractivity (Wildman–Crippen MR) is 85.2 cm³/mol. The Labute approximate surface area is 143 Å². The molecular formula is C15H19ClF3N3O2. The van der Waals surface area contributed by atoms with Gasteiger partial charge in [-0.3, -0.25) is 9.69 Å². The average Bonchev–Trinajstić information content (AvgIpc) is 2.53. The zero-order valence-electron chi connectivity index (χ0n) is 13.0. The van der Waals surface area contributed by atoms with Crippen LogP contribution >= 0.6 is 11.6 Å². The second-order valence-electron chi connectivity index (χ2n) is 5.37. The number of hydrogen-bond acceptors (Lipinski definition) is 4. The molecule has 0 unspecified atom stereocenters. The normalized spacial score (nSPS) is 16.2. The first kappa shape index (κ1) is 19.0. The van der Waals surface area contributed by atoms with E-state index in [1.807, 2.05) is 0 Å². The minimum atomic E-state index is -4.49. The molecule has 0 saturated carbocycles. The van der Waals surface area contributed by atoms with Gasteiger partial charge in [-0.1, -0.05) is 11.6 Å². The fourth-order valence-corrected chi connectivity index (χ4v) is 2.42. The molecule has 5 nitrogen and oxygen atoms in total. The number of carbonyl (C=O) groups is 1. The zero-order chi connectivity index (χ0) is 17.6. The van der Waals surface area contributed by atoms with Crippen LogP contribution in [0.5, 0.6) is 0 Å². The van der Waals surface area contributed by atoms with Crippen molar-refractivity contribution >= 4 is 23.2 Å². The molecule has 2 rings (SSSR count). The van der Waals surface area contributed by atoms with Crippen LogP contribution in [0.25, 0.3) is 0 Å². The summed E-state index contributed by atoms with van der Waals surface area (Å²) in [5.41, 5.74) is -0.908. The Balaban J connectivity index is 1.77. The van der Waals surface area contributed by atoms with Crippen LogP contribution < -0.4 is 10.6 Å². The van der Waals surface area contributed by atoms with Crippen LogP contribution in [0.2, 0.25) is 5.02 Å². The molecule has 0 radical (unpaired) electrons. The molecule has 1 aliphatic rings. The molecule has 0 spiro atoms. The van der Waals surface area contributed by atoms with Crippen LogP contribution in [0.15, 0.2) is 18.2 Å². The Kier molecular flexibility index (Phi) is 6.85. The second kappa shape index (κ2) is 8.66. The van der Waals surface area contributed by atoms with Gasteiger partial charge in [-0.2, -0.15) is 13.2 Å². The van der Waals surface area contributed by atoms with Gasteiger partial charge in [0.1, 0.15) is 0 Å². The molecule has 0 aromatic heterocycles. The van der Waals surface area contributed by atoms with E-state index in [0.717, 1.165) is 37.8 Å². The van der Waals surface area contributed by atoms with Crippen molar-refractivity contribution in [2.75, 3.05) is 51.3 Å². The molecule has 1 saturated heterocycles. The number of hydrogen-bond donors (Lipinski definition) is 2. The third-order valence-corrected chi connectivity index (χ3v) is 3.89. The Morgan fingerprint density at radius 2 is 2.00 bits per heavy atom. The highest BCUT2D eigenvalue weighted by Crippen LogP contribution is 2.33. The van der Waals surface area contributed by atoms with Crippen LogP contribution in [0.1, 0.15) is 5.56 Å². The molecule has 2 N–H and O–H groups in total. The van der Waals surface area contributed by atoms with E-state index in [9.17, 15) is 18.0 Å². The number of halogens is 4. The summed E-state index contributed by atoms with van der Waals surface area (Å²) in [5, 5.41) is 5.41. The van der Waals surface area contributed by atoms with Crippen molar-refractivity contribution in [3.8, 4) is 0 Å². The monoisotopic (exact) mass is 365 g/mol. The third kappa shape index (κ3) is 5.94. The van der Waals surface area contributed by atoms with E-state index in [4.69, 9.17) is 16.3 Å². The van der Waals surface area contributed by atoms with Crippen molar-refractivity contribution in [3.63, 3.8) is 0 Å². The van der Waals surface area contributed by atoms with Gasteiger partial charge < -0.3 is 15.4 Å². The lowest BCUT2D eigenvalue weighted by molar-refractivity contribution is -0.137. The number of carbonyl (C=O) groups excluding carboxylic acids is 1. The van der Waals surface area contributed by atoms with E-state index in [-0.39, 0.29) is 17.3 Å². The van der Waals surface area contributed by atoms with Gasteiger partial charge in [0.2, 0.25) is 5.91 Å². The van der Waals surface area contributed by atoms with Crippen LogP contribution in [-0.4, -0.2) is 56.7 Å². The SMILES string of the molecule is O=C(CNCCN1CCOCC1)Nc1cc(C(F)(F)F)ccc1Cl. The number of alkyl halides is 3. The van der Waals surface area contributed by atoms with Crippen LogP contribution in [0.3, 0.4) is 0 Å². The summed E-state index contributed by atoms with van der Waals surface area (Å²) in [4.78, 5) is 14.0. The molecule has 134 valence electrons. The molecule has 1 aromatic rings. The highest BCUT2D eigenvalue weighted by atomic mass is 35.5. The molecule has 9 heteroatoms. The van der Waals surface area contributed by atoms with Gasteiger partial charge in [0, 0.05) is 26.2 Å². The number of benzene rings is 1. The first-order chi connectivity index (χ1) is 11.4. The Morgan fingerprint density at radius 3 is 2.67 bits per heavy atom. The van der Waals surface area contributed by atoms with Gasteiger partial charge in [0.15, 0.2) is 0 Å². The Bertz CT molecular complexity index is 563. The number of amides is 1. The first-order valence-corrected chi connectivity index (χ1v) is 7.91. The predicted octanol–water partition coefficient (Wildman–Crippen LogP) is 2.22. The molecule has 0 bridgehead atoms. The molecule has 0 aliphatic carbocycles. The summed E-state index contributed by atoms with van der Waals surface area (Å²) in [6, 6.07) is 2.82. The summed E-state index contributed by atoms with van der Waals surface area (Å²) in [6.45, 7) is 4.49. The summed E-state index contributed by atoms with van der Waals surface area (Å²) in [6.07, 6.45) is -4.49. The highest BCUT2D eigenvalue weighted by Gasteiger charge is 2.31. The van der Waals surface area contributed by atoms with E-state index < -0.39 is 17.6 Å². The van der Waals surface area contributed by atoms with Gasteiger partial charge in [-0.25, -0.2) is 0 Å². The lowest BCUT2D eigenvalue weighted by Gasteiger charge is -2.26.